The zero-order chi connectivity index (χ0) is 17.1. The molecule has 0 spiro atoms. The second-order valence-corrected chi connectivity index (χ2v) is 7.91. The van der Waals surface area contributed by atoms with Crippen LogP contribution in [0.1, 0.15) is 26.3 Å². The molecule has 0 N–H and O–H groups in total. The van der Waals surface area contributed by atoms with Crippen LogP contribution in [-0.2, 0) is 26.1 Å². The van der Waals surface area contributed by atoms with Crippen molar-refractivity contribution in [2.75, 3.05) is 6.61 Å². The summed E-state index contributed by atoms with van der Waals surface area (Å²) in [6.07, 6.45) is 0.542. The molecule has 0 fully saturated rings. The highest BCUT2D eigenvalue weighted by atomic mass is 32.2. The van der Waals surface area contributed by atoms with Crippen molar-refractivity contribution in [3.8, 4) is 0 Å². The Balaban J connectivity index is 1.99. The maximum Gasteiger partial charge on any atom is 0.424 e. The van der Waals surface area contributed by atoms with Crippen LogP contribution in [0.2, 0.25) is 0 Å². The molecule has 1 aliphatic heterocycles. The summed E-state index contributed by atoms with van der Waals surface area (Å²) in [6.45, 7) is 5.46. The molecule has 1 aromatic rings. The van der Waals surface area contributed by atoms with E-state index in [1.807, 2.05) is 30.3 Å². The van der Waals surface area contributed by atoms with Crippen molar-refractivity contribution in [1.29, 1.82) is 0 Å². The van der Waals surface area contributed by atoms with Crippen LogP contribution in [0.25, 0.3) is 0 Å². The SMILES string of the molecule is CC(C)(C)OC(=O)N1[C@@H](COCc2ccccc2)C=CS1(=O)=O. The molecule has 0 bridgehead atoms. The predicted molar refractivity (Wildman–Crippen MR) is 86.0 cm³/mol. The number of rotatable bonds is 4. The largest absolute Gasteiger partial charge is 0.443 e. The fourth-order valence-electron chi connectivity index (χ4n) is 2.06. The molecular weight excluding hydrogens is 318 g/mol. The highest BCUT2D eigenvalue weighted by Crippen LogP contribution is 2.22. The number of carbonyl (C=O) groups excluding carboxylic acids is 1. The molecule has 1 amide bonds. The van der Waals surface area contributed by atoms with Crippen LogP contribution in [0.5, 0.6) is 0 Å². The van der Waals surface area contributed by atoms with Crippen LogP contribution < -0.4 is 0 Å². The van der Waals surface area contributed by atoms with Crippen LogP contribution >= 0.6 is 0 Å². The fourth-order valence-corrected chi connectivity index (χ4v) is 3.33. The van der Waals surface area contributed by atoms with Gasteiger partial charge in [-0.3, -0.25) is 0 Å². The van der Waals surface area contributed by atoms with Gasteiger partial charge in [-0.15, -0.1) is 0 Å². The van der Waals surface area contributed by atoms with Gasteiger partial charge in [-0.1, -0.05) is 30.3 Å². The first-order valence-electron chi connectivity index (χ1n) is 7.26. The van der Waals surface area contributed by atoms with Crippen molar-refractivity contribution < 1.29 is 22.7 Å². The lowest BCUT2D eigenvalue weighted by Crippen LogP contribution is -2.44. The summed E-state index contributed by atoms with van der Waals surface area (Å²) >= 11 is 0. The van der Waals surface area contributed by atoms with Crippen molar-refractivity contribution in [3.63, 3.8) is 0 Å². The van der Waals surface area contributed by atoms with E-state index in [9.17, 15) is 13.2 Å². The zero-order valence-corrected chi connectivity index (χ0v) is 14.2. The molecule has 6 nitrogen and oxygen atoms in total. The van der Waals surface area contributed by atoms with Gasteiger partial charge in [0.2, 0.25) is 0 Å². The minimum Gasteiger partial charge on any atom is -0.443 e. The number of benzene rings is 1. The van der Waals surface area contributed by atoms with E-state index in [1.54, 1.807) is 20.8 Å². The van der Waals surface area contributed by atoms with Crippen LogP contribution in [0.4, 0.5) is 4.79 Å². The molecule has 0 saturated carbocycles. The summed E-state index contributed by atoms with van der Waals surface area (Å²) in [6, 6.07) is 8.82. The van der Waals surface area contributed by atoms with Crippen LogP contribution in [0.15, 0.2) is 41.8 Å². The van der Waals surface area contributed by atoms with Crippen molar-refractivity contribution in [3.05, 3.63) is 47.4 Å². The van der Waals surface area contributed by atoms with Crippen molar-refractivity contribution in [1.82, 2.24) is 4.31 Å². The molecule has 7 heteroatoms. The standard InChI is InChI=1S/C16H21NO5S/c1-16(2,3)22-15(18)17-14(9-10-23(17,19)20)12-21-11-13-7-5-4-6-8-13/h4-10,14H,11-12H2,1-3H3/t14-/m1/s1. The number of hydrogen-bond acceptors (Lipinski definition) is 5. The Morgan fingerprint density at radius 1 is 1.22 bits per heavy atom. The molecule has 0 unspecified atom stereocenters. The van der Waals surface area contributed by atoms with Crippen molar-refractivity contribution in [2.24, 2.45) is 0 Å². The highest BCUT2D eigenvalue weighted by molar-refractivity contribution is 7.92. The Morgan fingerprint density at radius 2 is 1.87 bits per heavy atom. The van der Waals surface area contributed by atoms with Gasteiger partial charge in [0.1, 0.15) is 5.60 Å². The quantitative estimate of drug-likeness (QED) is 0.843. The number of hydrogen-bond donors (Lipinski definition) is 0. The van der Waals surface area contributed by atoms with Gasteiger partial charge >= 0.3 is 6.09 Å². The lowest BCUT2D eigenvalue weighted by Gasteiger charge is -2.27. The number of carbonyl (C=O) groups is 1. The van der Waals surface area contributed by atoms with Gasteiger partial charge in [0, 0.05) is 5.41 Å². The number of amides is 1. The highest BCUT2D eigenvalue weighted by Gasteiger charge is 2.39. The summed E-state index contributed by atoms with van der Waals surface area (Å²) in [4.78, 5) is 12.1. The van der Waals surface area contributed by atoms with Gasteiger partial charge in [0.25, 0.3) is 10.0 Å². The van der Waals surface area contributed by atoms with Gasteiger partial charge in [-0.2, -0.15) is 4.31 Å². The Labute approximate surface area is 136 Å². The van der Waals surface area contributed by atoms with E-state index < -0.39 is 27.8 Å². The first kappa shape index (κ1) is 17.5. The molecule has 126 valence electrons. The Morgan fingerprint density at radius 3 is 2.48 bits per heavy atom. The molecule has 0 radical (unpaired) electrons. The second kappa shape index (κ2) is 6.72. The van der Waals surface area contributed by atoms with Crippen molar-refractivity contribution in [2.45, 2.75) is 39.0 Å². The van der Waals surface area contributed by atoms with E-state index in [0.717, 1.165) is 15.3 Å². The summed E-state index contributed by atoms with van der Waals surface area (Å²) in [5, 5.41) is 1.01. The van der Waals surface area contributed by atoms with Crippen molar-refractivity contribution >= 4 is 16.1 Å². The Kier molecular flexibility index (Phi) is 5.11. The third kappa shape index (κ3) is 4.80. The van der Waals surface area contributed by atoms with E-state index in [4.69, 9.17) is 9.47 Å². The normalized spacial score (nSPS) is 19.8. The summed E-state index contributed by atoms with van der Waals surface area (Å²) < 4.78 is 35.5. The van der Waals surface area contributed by atoms with E-state index in [0.29, 0.717) is 6.61 Å². The molecule has 1 aliphatic rings. The minimum atomic E-state index is -3.80. The number of sulfonamides is 1. The fraction of sp³-hybridized carbons (Fsp3) is 0.438. The topological polar surface area (TPSA) is 72.9 Å². The van der Waals surface area contributed by atoms with Gasteiger partial charge in [0.15, 0.2) is 0 Å². The summed E-state index contributed by atoms with van der Waals surface area (Å²) in [5.74, 6) is 0. The lowest BCUT2D eigenvalue weighted by atomic mass is 10.2. The van der Waals surface area contributed by atoms with E-state index in [2.05, 4.69) is 0 Å². The second-order valence-electron chi connectivity index (χ2n) is 6.22. The third-order valence-corrected chi connectivity index (χ3v) is 4.49. The zero-order valence-electron chi connectivity index (χ0n) is 13.4. The summed E-state index contributed by atoms with van der Waals surface area (Å²) in [7, 11) is -3.80. The molecule has 1 atom stereocenters. The average molecular weight is 339 g/mol. The molecule has 0 saturated heterocycles. The third-order valence-electron chi connectivity index (χ3n) is 3.02. The molecular formula is C16H21NO5S. The van der Waals surface area contributed by atoms with Crippen LogP contribution in [0.3, 0.4) is 0 Å². The maximum atomic E-state index is 12.1. The Bertz CT molecular complexity index is 676. The van der Waals surface area contributed by atoms with E-state index in [1.165, 1.54) is 6.08 Å². The molecule has 1 heterocycles. The first-order valence-corrected chi connectivity index (χ1v) is 8.77. The summed E-state index contributed by atoms with van der Waals surface area (Å²) in [5.41, 5.74) is 0.200. The van der Waals surface area contributed by atoms with Gasteiger partial charge in [-0.05, 0) is 32.4 Å². The molecule has 0 aliphatic carbocycles. The minimum absolute atomic E-state index is 0.0733. The van der Waals surface area contributed by atoms with Crippen LogP contribution in [0, 0.1) is 0 Å². The number of nitrogens with zero attached hydrogens (tertiary/aromatic N) is 1. The lowest BCUT2D eigenvalue weighted by molar-refractivity contribution is 0.0273. The molecule has 1 aromatic carbocycles. The molecule has 0 aromatic heterocycles. The van der Waals surface area contributed by atoms with Crippen LogP contribution in [-0.4, -0.2) is 37.1 Å². The first-order chi connectivity index (χ1) is 10.7. The van der Waals surface area contributed by atoms with E-state index >= 15 is 0 Å². The smallest absolute Gasteiger partial charge is 0.424 e. The molecule has 23 heavy (non-hydrogen) atoms. The average Bonchev–Trinajstić information content (AvgIpc) is 2.73. The van der Waals surface area contributed by atoms with Gasteiger partial charge < -0.3 is 9.47 Å². The monoisotopic (exact) mass is 339 g/mol. The predicted octanol–water partition coefficient (Wildman–Crippen LogP) is 2.67. The van der Waals surface area contributed by atoms with Gasteiger partial charge in [0.05, 0.1) is 19.3 Å². The van der Waals surface area contributed by atoms with E-state index in [-0.39, 0.29) is 6.61 Å². The maximum absolute atomic E-state index is 12.1. The van der Waals surface area contributed by atoms with Gasteiger partial charge in [-0.25, -0.2) is 13.2 Å². The Hall–Kier alpha value is -1.86. The number of ether oxygens (including phenoxy) is 2. The molecule has 2 rings (SSSR count).